The van der Waals surface area contributed by atoms with Gasteiger partial charge in [0.1, 0.15) is 11.7 Å². The highest BCUT2D eigenvalue weighted by atomic mass is 19.2. The summed E-state index contributed by atoms with van der Waals surface area (Å²) < 4.78 is 54.8. The number of nitrogens with one attached hydrogen (secondary N) is 1. The molecule has 0 bridgehead atoms. The molecule has 6 heteroatoms. The van der Waals surface area contributed by atoms with E-state index in [9.17, 15) is 17.6 Å². The molecule has 0 fully saturated rings. The van der Waals surface area contributed by atoms with E-state index in [1.54, 1.807) is 24.3 Å². The lowest BCUT2D eigenvalue weighted by molar-refractivity contribution is 0.194. The molecule has 0 spiro atoms. The van der Waals surface area contributed by atoms with Crippen molar-refractivity contribution < 1.29 is 17.6 Å². The number of H-pyrrole nitrogens is 1. The summed E-state index contributed by atoms with van der Waals surface area (Å²) in [6.45, 7) is 1.10. The van der Waals surface area contributed by atoms with Gasteiger partial charge in [0, 0.05) is 5.57 Å². The molecular weight excluding hydrogens is 272 g/mol. The zero-order valence-electron chi connectivity index (χ0n) is 10.4. The van der Waals surface area contributed by atoms with Gasteiger partial charge in [-0.25, -0.2) is 22.5 Å². The van der Waals surface area contributed by atoms with E-state index >= 15 is 0 Å². The first-order valence-corrected chi connectivity index (χ1v) is 6.00. The molecule has 3 rings (SSSR count). The van der Waals surface area contributed by atoms with Crippen LogP contribution in [0, 0.1) is 0 Å². The average molecular weight is 282 g/mol. The molecule has 0 radical (unpaired) electrons. The molecule has 0 saturated carbocycles. The van der Waals surface area contributed by atoms with Crippen molar-refractivity contribution in [2.45, 2.75) is 19.3 Å². The van der Waals surface area contributed by atoms with Crippen molar-refractivity contribution in [2.75, 3.05) is 0 Å². The molecule has 1 heterocycles. The summed E-state index contributed by atoms with van der Waals surface area (Å²) >= 11 is 0. The Balaban J connectivity index is 2.21. The van der Waals surface area contributed by atoms with Crippen molar-refractivity contribution in [2.24, 2.45) is 0 Å². The van der Waals surface area contributed by atoms with Gasteiger partial charge in [0.2, 0.25) is 0 Å². The number of halogens is 4. The van der Waals surface area contributed by atoms with Crippen LogP contribution in [-0.4, -0.2) is 22.3 Å². The monoisotopic (exact) mass is 282 g/mol. The fraction of sp³-hybridized carbons (Fsp3) is 0.214. The molecule has 1 aromatic heterocycles. The van der Waals surface area contributed by atoms with Crippen LogP contribution in [0.3, 0.4) is 0 Å². The Bertz CT molecular complexity index is 711. The number of hydrogen-bond acceptors (Lipinski definition) is 1. The fourth-order valence-corrected chi connectivity index (χ4v) is 2.20. The molecule has 1 aromatic carbocycles. The predicted octanol–water partition coefficient (Wildman–Crippen LogP) is 4.18. The van der Waals surface area contributed by atoms with Crippen LogP contribution in [0.15, 0.2) is 41.5 Å². The highest BCUT2D eigenvalue weighted by Crippen LogP contribution is 2.40. The van der Waals surface area contributed by atoms with E-state index in [1.165, 1.54) is 0 Å². The van der Waals surface area contributed by atoms with Crippen LogP contribution < -0.4 is 0 Å². The quantitative estimate of drug-likeness (QED) is 0.781. The molecule has 104 valence electrons. The Kier molecular flexibility index (Phi) is 2.88. The normalized spacial score (nSPS) is 23.9. The summed E-state index contributed by atoms with van der Waals surface area (Å²) in [5, 5.41) is 0. The minimum Gasteiger partial charge on any atom is -0.338 e. The van der Waals surface area contributed by atoms with Gasteiger partial charge in [0.05, 0.1) is 16.6 Å². The maximum Gasteiger partial charge on any atom is 0.187 e. The van der Waals surface area contributed by atoms with Crippen LogP contribution in [0.1, 0.15) is 12.7 Å². The lowest BCUT2D eigenvalue weighted by Gasteiger charge is -2.21. The van der Waals surface area contributed by atoms with E-state index in [1.807, 2.05) is 0 Å². The first kappa shape index (κ1) is 12.9. The lowest BCUT2D eigenvalue weighted by Crippen LogP contribution is -2.25. The van der Waals surface area contributed by atoms with Gasteiger partial charge in [-0.05, 0) is 19.1 Å². The van der Waals surface area contributed by atoms with E-state index in [0.717, 1.165) is 6.92 Å². The number of nitrogens with zero attached hydrogens (tertiary/aromatic N) is 1. The first-order chi connectivity index (χ1) is 9.50. The molecule has 1 aliphatic carbocycles. The largest absolute Gasteiger partial charge is 0.338 e. The topological polar surface area (TPSA) is 28.7 Å². The maximum absolute atomic E-state index is 14.0. The maximum atomic E-state index is 14.0. The van der Waals surface area contributed by atoms with Crippen molar-refractivity contribution in [3.8, 4) is 0 Å². The second kappa shape index (κ2) is 4.47. The van der Waals surface area contributed by atoms with Gasteiger partial charge in [-0.15, -0.1) is 0 Å². The molecular formula is C14H10F4N2. The van der Waals surface area contributed by atoms with E-state index in [-0.39, 0.29) is 5.82 Å². The molecule has 0 saturated heterocycles. The Hall–Kier alpha value is -2.11. The van der Waals surface area contributed by atoms with Crippen molar-refractivity contribution in [1.29, 1.82) is 0 Å². The molecule has 2 nitrogen and oxygen atoms in total. The predicted molar refractivity (Wildman–Crippen MR) is 67.7 cm³/mol. The first-order valence-electron chi connectivity index (χ1n) is 6.00. The molecule has 2 unspecified atom stereocenters. The van der Waals surface area contributed by atoms with E-state index in [0.29, 0.717) is 11.0 Å². The van der Waals surface area contributed by atoms with Gasteiger partial charge < -0.3 is 4.98 Å². The number of allylic oxidation sites excluding steroid dienone is 4. The van der Waals surface area contributed by atoms with Crippen molar-refractivity contribution in [3.05, 3.63) is 47.3 Å². The van der Waals surface area contributed by atoms with Gasteiger partial charge in [0.15, 0.2) is 18.2 Å². The van der Waals surface area contributed by atoms with E-state index < -0.39 is 35.1 Å². The standard InChI is InChI=1S/C14H10F4N2/c1-6-10(15)9(12(17)13(18)11(6)16)14-19-7-4-2-3-5-8(7)20-14/h2-5,11,13H,1H3,(H,19,20). The molecule has 2 aromatic rings. The molecule has 0 aliphatic heterocycles. The van der Waals surface area contributed by atoms with Crippen molar-refractivity contribution in [1.82, 2.24) is 9.97 Å². The van der Waals surface area contributed by atoms with Crippen molar-refractivity contribution >= 4 is 16.6 Å². The third kappa shape index (κ3) is 1.75. The second-order valence-electron chi connectivity index (χ2n) is 4.63. The van der Waals surface area contributed by atoms with E-state index in [2.05, 4.69) is 9.97 Å². The lowest BCUT2D eigenvalue weighted by atomic mass is 9.94. The fourth-order valence-electron chi connectivity index (χ4n) is 2.20. The van der Waals surface area contributed by atoms with Gasteiger partial charge in [-0.1, -0.05) is 12.1 Å². The van der Waals surface area contributed by atoms with Crippen LogP contribution in [0.4, 0.5) is 17.6 Å². The van der Waals surface area contributed by atoms with Crippen LogP contribution >= 0.6 is 0 Å². The number of para-hydroxylation sites is 2. The minimum atomic E-state index is -2.50. The molecule has 1 N–H and O–H groups in total. The van der Waals surface area contributed by atoms with Crippen LogP contribution in [-0.2, 0) is 0 Å². The highest BCUT2D eigenvalue weighted by Gasteiger charge is 2.38. The zero-order valence-corrected chi connectivity index (χ0v) is 10.4. The van der Waals surface area contributed by atoms with Gasteiger partial charge in [0.25, 0.3) is 0 Å². The summed E-state index contributed by atoms with van der Waals surface area (Å²) in [6, 6.07) is 6.76. The average Bonchev–Trinajstić information content (AvgIpc) is 2.86. The van der Waals surface area contributed by atoms with E-state index in [4.69, 9.17) is 0 Å². The number of hydrogen-bond donors (Lipinski definition) is 1. The Morgan fingerprint density at radius 1 is 1.10 bits per heavy atom. The van der Waals surface area contributed by atoms with Crippen molar-refractivity contribution in [3.63, 3.8) is 0 Å². The highest BCUT2D eigenvalue weighted by molar-refractivity contribution is 5.84. The number of imidazole rings is 1. The molecule has 20 heavy (non-hydrogen) atoms. The SMILES string of the molecule is CC1=C(F)C(c2nc3ccccc3[nH]2)=C(F)C(F)C1F. The summed E-state index contributed by atoms with van der Waals surface area (Å²) in [5.74, 6) is -2.72. The third-order valence-electron chi connectivity index (χ3n) is 3.34. The second-order valence-corrected chi connectivity index (χ2v) is 4.63. The molecule has 1 aliphatic rings. The van der Waals surface area contributed by atoms with Gasteiger partial charge in [-0.3, -0.25) is 0 Å². The van der Waals surface area contributed by atoms with Crippen LogP contribution in [0.2, 0.25) is 0 Å². The number of aromatic amines is 1. The van der Waals surface area contributed by atoms with Crippen LogP contribution in [0.5, 0.6) is 0 Å². The third-order valence-corrected chi connectivity index (χ3v) is 3.34. The van der Waals surface area contributed by atoms with Crippen LogP contribution in [0.25, 0.3) is 16.6 Å². The zero-order chi connectivity index (χ0) is 14.4. The Morgan fingerprint density at radius 3 is 2.50 bits per heavy atom. The summed E-state index contributed by atoms with van der Waals surface area (Å²) in [7, 11) is 0. The number of aromatic nitrogens is 2. The minimum absolute atomic E-state index is 0.143. The summed E-state index contributed by atoms with van der Waals surface area (Å²) in [4.78, 5) is 6.72. The smallest absolute Gasteiger partial charge is 0.187 e. The molecule has 0 amide bonds. The number of fused-ring (bicyclic) bond motifs is 1. The van der Waals surface area contributed by atoms with Gasteiger partial charge >= 0.3 is 0 Å². The van der Waals surface area contributed by atoms with Gasteiger partial charge in [-0.2, -0.15) is 0 Å². The molecule has 2 atom stereocenters. The number of benzene rings is 1. The number of rotatable bonds is 1. The Morgan fingerprint density at radius 2 is 1.80 bits per heavy atom. The summed E-state index contributed by atoms with van der Waals surface area (Å²) in [5.41, 5.74) is -0.0495. The summed E-state index contributed by atoms with van der Waals surface area (Å²) in [6.07, 6.45) is -4.80. The number of alkyl halides is 2. The Labute approximate surface area is 111 Å².